The fourth-order valence-electron chi connectivity index (χ4n) is 1.98. The highest BCUT2D eigenvalue weighted by Gasteiger charge is 2.62. The third-order valence-electron chi connectivity index (χ3n) is 3.07. The summed E-state index contributed by atoms with van der Waals surface area (Å²) in [6.45, 7) is 4.50. The molecule has 0 saturated carbocycles. The third-order valence-corrected chi connectivity index (χ3v) is 3.32. The lowest BCUT2D eigenvalue weighted by Crippen LogP contribution is -2.61. The Morgan fingerprint density at radius 1 is 1.25 bits per heavy atom. The van der Waals surface area contributed by atoms with E-state index in [0.717, 1.165) is 0 Å². The van der Waals surface area contributed by atoms with Gasteiger partial charge in [-0.3, -0.25) is 5.43 Å². The van der Waals surface area contributed by atoms with E-state index in [1.165, 1.54) is 45.0 Å². The van der Waals surface area contributed by atoms with Crippen molar-refractivity contribution in [2.75, 3.05) is 0 Å². The molecule has 2 N–H and O–H groups in total. The molecule has 1 aliphatic heterocycles. The van der Waals surface area contributed by atoms with Crippen molar-refractivity contribution in [3.63, 3.8) is 0 Å². The van der Waals surface area contributed by atoms with Crippen molar-refractivity contribution in [3.05, 3.63) is 40.9 Å². The van der Waals surface area contributed by atoms with Crippen LogP contribution in [0.5, 0.6) is 0 Å². The summed E-state index contributed by atoms with van der Waals surface area (Å²) < 4.78 is 44.9. The lowest BCUT2D eigenvalue weighted by Gasteiger charge is -2.34. The van der Waals surface area contributed by atoms with Gasteiger partial charge in [-0.2, -0.15) is 18.2 Å². The van der Waals surface area contributed by atoms with Crippen molar-refractivity contribution < 1.29 is 27.8 Å². The summed E-state index contributed by atoms with van der Waals surface area (Å²) in [5.41, 5.74) is -2.10. The first-order valence-corrected chi connectivity index (χ1v) is 7.29. The Balaban J connectivity index is 2.40. The van der Waals surface area contributed by atoms with Crippen molar-refractivity contribution >= 4 is 23.4 Å². The number of nitrogens with one attached hydrogen (secondary N) is 1. The van der Waals surface area contributed by atoms with Gasteiger partial charge in [0, 0.05) is 11.1 Å². The first-order chi connectivity index (χ1) is 10.8. The van der Waals surface area contributed by atoms with Crippen LogP contribution in [0.3, 0.4) is 0 Å². The molecule has 24 heavy (non-hydrogen) atoms. The maximum atomic E-state index is 13.3. The number of benzene rings is 1. The van der Waals surface area contributed by atoms with Crippen LogP contribution in [-0.4, -0.2) is 33.7 Å². The lowest BCUT2D eigenvalue weighted by atomic mass is 10.1. The van der Waals surface area contributed by atoms with Crippen LogP contribution in [0.15, 0.2) is 30.3 Å². The molecule has 1 atom stereocenters. The first kappa shape index (κ1) is 18.4. The quantitative estimate of drug-likeness (QED) is 0.798. The molecule has 0 radical (unpaired) electrons. The Bertz CT molecular complexity index is 668. The number of amides is 1. The molecular weight excluding hydrogens is 349 g/mol. The molecule has 1 aromatic rings. The van der Waals surface area contributed by atoms with E-state index >= 15 is 0 Å². The number of alkyl halides is 3. The van der Waals surface area contributed by atoms with Gasteiger partial charge in [-0.1, -0.05) is 23.7 Å². The second kappa shape index (κ2) is 5.86. The minimum Gasteiger partial charge on any atom is -0.442 e. The number of ether oxygens (including phenoxy) is 1. The molecule has 1 heterocycles. The Labute approximate surface area is 141 Å². The number of carbonyl (C=O) groups excluding carboxylic acids is 1. The number of rotatable bonds is 1. The van der Waals surface area contributed by atoms with Gasteiger partial charge in [-0.15, -0.1) is 0 Å². The molecule has 0 fully saturated rings. The second-order valence-corrected chi connectivity index (χ2v) is 6.65. The normalized spacial score (nSPS) is 21.3. The van der Waals surface area contributed by atoms with Crippen LogP contribution < -0.4 is 5.43 Å². The summed E-state index contributed by atoms with van der Waals surface area (Å²) in [5.74, 6) is 0. The molecule has 1 amide bonds. The smallest absolute Gasteiger partial charge is 0.442 e. The van der Waals surface area contributed by atoms with E-state index in [2.05, 4.69) is 5.43 Å². The van der Waals surface area contributed by atoms with Crippen LogP contribution in [0.2, 0.25) is 5.02 Å². The number of carbonyl (C=O) groups is 1. The standard InChI is InChI=1S/C15H16ClF3N2O3/c1-13(2,3)24-12(22)21-14(23,15(17,18)19)8-11(20-21)9-4-6-10(16)7-5-9/h4-8,20,23H,1-3H3/t14-/m0/s1. The average Bonchev–Trinajstić information content (AvgIpc) is 2.76. The SMILES string of the molecule is CC(C)(C)OC(=O)N1NC(c2ccc(Cl)cc2)=C[C@]1(O)C(F)(F)F. The van der Waals surface area contributed by atoms with Gasteiger partial charge in [-0.05, 0) is 38.5 Å². The number of nitrogens with zero attached hydrogens (tertiary/aromatic N) is 1. The number of hydrogen-bond donors (Lipinski definition) is 2. The van der Waals surface area contributed by atoms with E-state index < -0.39 is 23.6 Å². The molecule has 132 valence electrons. The largest absolute Gasteiger partial charge is 0.442 e. The van der Waals surface area contributed by atoms with Crippen molar-refractivity contribution in [3.8, 4) is 0 Å². The second-order valence-electron chi connectivity index (χ2n) is 6.22. The summed E-state index contributed by atoms with van der Waals surface area (Å²) in [6, 6.07) is 5.86. The fourth-order valence-corrected chi connectivity index (χ4v) is 2.11. The maximum Gasteiger partial charge on any atom is 0.442 e. The fraction of sp³-hybridized carbons (Fsp3) is 0.400. The van der Waals surface area contributed by atoms with Crippen LogP contribution in [0.25, 0.3) is 5.70 Å². The lowest BCUT2D eigenvalue weighted by molar-refractivity contribution is -0.286. The van der Waals surface area contributed by atoms with Gasteiger partial charge >= 0.3 is 12.3 Å². The van der Waals surface area contributed by atoms with Crippen LogP contribution >= 0.6 is 11.6 Å². The summed E-state index contributed by atoms with van der Waals surface area (Å²) in [6.07, 6.45) is -5.98. The summed E-state index contributed by atoms with van der Waals surface area (Å²) in [7, 11) is 0. The highest BCUT2D eigenvalue weighted by Crippen LogP contribution is 2.40. The van der Waals surface area contributed by atoms with Gasteiger partial charge in [0.25, 0.3) is 5.72 Å². The molecule has 0 saturated heterocycles. The predicted octanol–water partition coefficient (Wildman–Crippen LogP) is 3.69. The van der Waals surface area contributed by atoms with Crippen LogP contribution in [0, 0.1) is 0 Å². The number of aliphatic hydroxyl groups is 1. The van der Waals surface area contributed by atoms with E-state index in [-0.39, 0.29) is 10.7 Å². The highest BCUT2D eigenvalue weighted by atomic mass is 35.5. The Morgan fingerprint density at radius 2 is 1.79 bits per heavy atom. The minimum absolute atomic E-state index is 0.0161. The monoisotopic (exact) mass is 364 g/mol. The van der Waals surface area contributed by atoms with Gasteiger partial charge in [0.2, 0.25) is 0 Å². The zero-order valence-corrected chi connectivity index (χ0v) is 13.9. The van der Waals surface area contributed by atoms with Crippen molar-refractivity contribution in [1.29, 1.82) is 0 Å². The van der Waals surface area contributed by atoms with Gasteiger partial charge < -0.3 is 9.84 Å². The van der Waals surface area contributed by atoms with Crippen molar-refractivity contribution in [1.82, 2.24) is 10.4 Å². The topological polar surface area (TPSA) is 61.8 Å². The Hall–Kier alpha value is -1.93. The first-order valence-electron chi connectivity index (χ1n) is 6.91. The summed E-state index contributed by atoms with van der Waals surface area (Å²) in [4.78, 5) is 12.1. The van der Waals surface area contributed by atoms with Crippen LogP contribution in [-0.2, 0) is 4.74 Å². The van der Waals surface area contributed by atoms with Gasteiger partial charge in [-0.25, -0.2) is 4.79 Å². The number of halogens is 4. The molecular formula is C15H16ClF3N2O3. The number of hydrogen-bond acceptors (Lipinski definition) is 4. The van der Waals surface area contributed by atoms with E-state index in [9.17, 15) is 23.1 Å². The zero-order valence-electron chi connectivity index (χ0n) is 13.1. The van der Waals surface area contributed by atoms with Gasteiger partial charge in [0.15, 0.2) is 0 Å². The molecule has 0 aromatic heterocycles. The molecule has 0 bridgehead atoms. The van der Waals surface area contributed by atoms with Crippen LogP contribution in [0.4, 0.5) is 18.0 Å². The molecule has 9 heteroatoms. The Kier molecular flexibility index (Phi) is 4.49. The molecule has 1 aliphatic rings. The molecule has 1 aromatic carbocycles. The highest BCUT2D eigenvalue weighted by molar-refractivity contribution is 6.30. The van der Waals surface area contributed by atoms with Crippen molar-refractivity contribution in [2.45, 2.75) is 38.3 Å². The minimum atomic E-state index is -5.13. The third kappa shape index (κ3) is 3.59. The van der Waals surface area contributed by atoms with Crippen LogP contribution in [0.1, 0.15) is 26.3 Å². The van der Waals surface area contributed by atoms with Gasteiger partial charge in [0.05, 0.1) is 5.70 Å². The van der Waals surface area contributed by atoms with E-state index in [1.54, 1.807) is 0 Å². The maximum absolute atomic E-state index is 13.3. The average molecular weight is 365 g/mol. The molecule has 0 unspecified atom stereocenters. The summed E-state index contributed by atoms with van der Waals surface area (Å²) in [5, 5.41) is 10.5. The number of hydrazine groups is 1. The molecule has 5 nitrogen and oxygen atoms in total. The van der Waals surface area contributed by atoms with E-state index in [1.807, 2.05) is 0 Å². The molecule has 0 aliphatic carbocycles. The molecule has 0 spiro atoms. The predicted molar refractivity (Wildman–Crippen MR) is 81.6 cm³/mol. The van der Waals surface area contributed by atoms with E-state index in [4.69, 9.17) is 16.3 Å². The molecule has 2 rings (SSSR count). The Morgan fingerprint density at radius 3 is 2.25 bits per heavy atom. The van der Waals surface area contributed by atoms with Crippen molar-refractivity contribution in [2.24, 2.45) is 0 Å². The van der Waals surface area contributed by atoms with Gasteiger partial charge in [0.1, 0.15) is 5.60 Å². The zero-order chi connectivity index (χ0) is 18.3. The van der Waals surface area contributed by atoms with E-state index in [0.29, 0.717) is 16.7 Å². The summed E-state index contributed by atoms with van der Waals surface area (Å²) >= 11 is 5.74.